The number of anilines is 1. The molecule has 0 spiro atoms. The molecule has 0 aromatic heterocycles. The van der Waals surface area contributed by atoms with E-state index in [1.807, 2.05) is 43.3 Å². The van der Waals surface area contributed by atoms with Gasteiger partial charge >= 0.3 is 18.0 Å². The van der Waals surface area contributed by atoms with Gasteiger partial charge in [0.1, 0.15) is 17.9 Å². The van der Waals surface area contributed by atoms with Gasteiger partial charge in [0.2, 0.25) is 0 Å². The standard InChI is InChI=1S/C30H38N2O7.ClH/c1-6-32(7-2)22-16-14-21(15-17-22)18-31-30(35)39-28-23(12-10-9-11-13-25(33)37-8-3)27(36-5)20(4)24-19-38-29(34)26(24)28;/h9-10,14-17H,6-8,11-13,18-19H2,1-5H3,(H,31,35);1H/b10-9+;. The van der Waals surface area contributed by atoms with E-state index in [9.17, 15) is 14.4 Å². The molecule has 0 fully saturated rings. The molecule has 2 aromatic rings. The summed E-state index contributed by atoms with van der Waals surface area (Å²) in [6.45, 7) is 10.3. The van der Waals surface area contributed by atoms with E-state index in [1.165, 1.54) is 7.11 Å². The van der Waals surface area contributed by atoms with Gasteiger partial charge in [0.25, 0.3) is 0 Å². The van der Waals surface area contributed by atoms with Gasteiger partial charge in [-0.25, -0.2) is 9.59 Å². The second-order valence-electron chi connectivity index (χ2n) is 9.00. The lowest BCUT2D eigenvalue weighted by Gasteiger charge is -2.21. The van der Waals surface area contributed by atoms with Crippen molar-refractivity contribution in [1.82, 2.24) is 5.32 Å². The molecule has 1 N–H and O–H groups in total. The van der Waals surface area contributed by atoms with E-state index in [4.69, 9.17) is 18.9 Å². The third kappa shape index (κ3) is 7.91. The molecule has 2 aromatic carbocycles. The van der Waals surface area contributed by atoms with Crippen molar-refractivity contribution in [2.45, 2.75) is 60.1 Å². The number of halogens is 1. The monoisotopic (exact) mass is 574 g/mol. The molecule has 3 rings (SSSR count). The maximum atomic E-state index is 12.9. The fraction of sp³-hybridized carbons (Fsp3) is 0.433. The fourth-order valence-electron chi connectivity index (χ4n) is 4.59. The van der Waals surface area contributed by atoms with Crippen LogP contribution in [0.2, 0.25) is 0 Å². The van der Waals surface area contributed by atoms with Crippen LogP contribution in [0.3, 0.4) is 0 Å². The number of carbonyl (C=O) groups excluding carboxylic acids is 3. The molecule has 1 heterocycles. The molecule has 0 aliphatic carbocycles. The highest BCUT2D eigenvalue weighted by Gasteiger charge is 2.34. The van der Waals surface area contributed by atoms with Crippen molar-refractivity contribution in [2.24, 2.45) is 0 Å². The number of nitrogens with zero attached hydrogens (tertiary/aromatic N) is 1. The Kier molecular flexibility index (Phi) is 12.8. The lowest BCUT2D eigenvalue weighted by molar-refractivity contribution is -0.143. The van der Waals surface area contributed by atoms with Gasteiger partial charge in [-0.15, -0.1) is 12.4 Å². The third-order valence-corrected chi connectivity index (χ3v) is 6.63. The van der Waals surface area contributed by atoms with Crippen molar-refractivity contribution in [1.29, 1.82) is 0 Å². The summed E-state index contributed by atoms with van der Waals surface area (Å²) in [6.07, 6.45) is 4.09. The zero-order valence-electron chi connectivity index (χ0n) is 23.8. The molecule has 10 heteroatoms. The summed E-state index contributed by atoms with van der Waals surface area (Å²) in [5, 5.41) is 2.77. The maximum absolute atomic E-state index is 12.9. The van der Waals surface area contributed by atoms with Crippen molar-refractivity contribution in [3.05, 3.63) is 64.2 Å². The highest BCUT2D eigenvalue weighted by atomic mass is 35.5. The van der Waals surface area contributed by atoms with Crippen molar-refractivity contribution in [3.63, 3.8) is 0 Å². The first-order valence-electron chi connectivity index (χ1n) is 13.3. The molecule has 0 atom stereocenters. The van der Waals surface area contributed by atoms with Crippen molar-refractivity contribution in [2.75, 3.05) is 31.7 Å². The number of ether oxygens (including phenoxy) is 4. The number of carbonyl (C=O) groups is 3. The van der Waals surface area contributed by atoms with Gasteiger partial charge in [0.15, 0.2) is 5.75 Å². The van der Waals surface area contributed by atoms with E-state index in [0.717, 1.165) is 29.9 Å². The van der Waals surface area contributed by atoms with Crippen LogP contribution in [0.25, 0.3) is 0 Å². The molecule has 0 unspecified atom stereocenters. The molecule has 0 saturated heterocycles. The number of cyclic esters (lactones) is 1. The SMILES string of the molecule is CCOC(=O)CC/C=C/Cc1c(OC)c(C)c2c(c1OC(=O)NCc1ccc(N(CC)CC)cc1)C(=O)OC2.Cl. The molecular formula is C30H39ClN2O7. The molecule has 0 radical (unpaired) electrons. The first-order valence-corrected chi connectivity index (χ1v) is 13.3. The summed E-state index contributed by atoms with van der Waals surface area (Å²) in [5.74, 6) is -0.159. The van der Waals surface area contributed by atoms with Crippen molar-refractivity contribution >= 4 is 36.1 Å². The maximum Gasteiger partial charge on any atom is 0.412 e. The Labute approximate surface area is 242 Å². The smallest absolute Gasteiger partial charge is 0.412 e. The minimum Gasteiger partial charge on any atom is -0.496 e. The number of rotatable bonds is 13. The molecule has 0 saturated carbocycles. The topological polar surface area (TPSA) is 103 Å². The molecule has 9 nitrogen and oxygen atoms in total. The van der Waals surface area contributed by atoms with Crippen LogP contribution in [0.5, 0.6) is 11.5 Å². The minimum atomic E-state index is -0.692. The Balaban J connectivity index is 0.00000560. The summed E-state index contributed by atoms with van der Waals surface area (Å²) < 4.78 is 21.7. The molecular weight excluding hydrogens is 536 g/mol. The van der Waals surface area contributed by atoms with Crippen LogP contribution in [0.15, 0.2) is 36.4 Å². The summed E-state index contributed by atoms with van der Waals surface area (Å²) in [4.78, 5) is 39.4. The number of hydrogen-bond donors (Lipinski definition) is 1. The van der Waals surface area contributed by atoms with Crippen LogP contribution in [0.1, 0.15) is 66.2 Å². The third-order valence-electron chi connectivity index (χ3n) is 6.63. The van der Waals surface area contributed by atoms with Gasteiger partial charge < -0.3 is 29.2 Å². The number of methoxy groups -OCH3 is 1. The highest BCUT2D eigenvalue weighted by Crippen LogP contribution is 2.42. The van der Waals surface area contributed by atoms with Crippen molar-refractivity contribution < 1.29 is 33.3 Å². The first-order chi connectivity index (χ1) is 18.8. The highest BCUT2D eigenvalue weighted by molar-refractivity contribution is 5.99. The Morgan fingerprint density at radius 2 is 1.77 bits per heavy atom. The fourth-order valence-corrected chi connectivity index (χ4v) is 4.59. The molecule has 0 bridgehead atoms. The van der Waals surface area contributed by atoms with Gasteiger partial charge in [-0.3, -0.25) is 4.79 Å². The quantitative estimate of drug-likeness (QED) is 0.241. The Morgan fingerprint density at radius 1 is 1.07 bits per heavy atom. The summed E-state index contributed by atoms with van der Waals surface area (Å²) in [6, 6.07) is 7.97. The van der Waals surface area contributed by atoms with Gasteiger partial charge in [-0.2, -0.15) is 0 Å². The average Bonchev–Trinajstić information content (AvgIpc) is 3.32. The Hall–Kier alpha value is -3.72. The van der Waals surface area contributed by atoms with Crippen LogP contribution in [0, 0.1) is 6.92 Å². The zero-order chi connectivity index (χ0) is 28.4. The molecule has 218 valence electrons. The lowest BCUT2D eigenvalue weighted by Crippen LogP contribution is -2.27. The van der Waals surface area contributed by atoms with Crippen LogP contribution in [-0.4, -0.2) is 44.8 Å². The van der Waals surface area contributed by atoms with E-state index in [1.54, 1.807) is 6.92 Å². The van der Waals surface area contributed by atoms with Gasteiger partial charge in [-0.05, 0) is 63.8 Å². The van der Waals surface area contributed by atoms with Crippen LogP contribution < -0.4 is 19.7 Å². The molecule has 40 heavy (non-hydrogen) atoms. The molecule has 1 aliphatic heterocycles. The minimum absolute atomic E-state index is 0. The summed E-state index contributed by atoms with van der Waals surface area (Å²) in [5.41, 5.74) is 4.22. The number of hydrogen-bond acceptors (Lipinski definition) is 8. The average molecular weight is 575 g/mol. The largest absolute Gasteiger partial charge is 0.496 e. The van der Waals surface area contributed by atoms with E-state index < -0.39 is 12.1 Å². The molecule has 1 aliphatic rings. The van der Waals surface area contributed by atoms with E-state index in [-0.39, 0.29) is 49.3 Å². The second-order valence-corrected chi connectivity index (χ2v) is 9.00. The predicted molar refractivity (Wildman–Crippen MR) is 156 cm³/mol. The number of benzene rings is 2. The number of amides is 1. The number of esters is 2. The summed E-state index contributed by atoms with van der Waals surface area (Å²) in [7, 11) is 1.53. The number of allylic oxidation sites excluding steroid dienone is 2. The first kappa shape index (κ1) is 32.5. The van der Waals surface area contributed by atoms with Gasteiger partial charge in [0, 0.05) is 42.9 Å². The summed E-state index contributed by atoms with van der Waals surface area (Å²) >= 11 is 0. The number of nitrogens with one attached hydrogen (secondary N) is 1. The van der Waals surface area contributed by atoms with Crippen molar-refractivity contribution in [3.8, 4) is 11.5 Å². The van der Waals surface area contributed by atoms with E-state index >= 15 is 0 Å². The Bertz CT molecular complexity index is 1210. The van der Waals surface area contributed by atoms with Crippen LogP contribution >= 0.6 is 12.4 Å². The van der Waals surface area contributed by atoms with Crippen LogP contribution in [-0.2, 0) is 33.8 Å². The van der Waals surface area contributed by atoms with E-state index in [0.29, 0.717) is 36.3 Å². The van der Waals surface area contributed by atoms with Crippen LogP contribution in [0.4, 0.5) is 10.5 Å². The van der Waals surface area contributed by atoms with Gasteiger partial charge in [-0.1, -0.05) is 24.3 Å². The lowest BCUT2D eigenvalue weighted by atomic mass is 9.95. The van der Waals surface area contributed by atoms with E-state index in [2.05, 4.69) is 24.1 Å². The number of fused-ring (bicyclic) bond motifs is 1. The normalized spacial score (nSPS) is 11.9. The second kappa shape index (κ2) is 15.8. The molecule has 1 amide bonds. The van der Waals surface area contributed by atoms with Gasteiger partial charge in [0.05, 0.1) is 13.7 Å². The zero-order valence-corrected chi connectivity index (χ0v) is 24.7. The Morgan fingerprint density at radius 3 is 2.40 bits per heavy atom. The predicted octanol–water partition coefficient (Wildman–Crippen LogP) is 5.67.